The topological polar surface area (TPSA) is 20.2 Å². The van der Waals surface area contributed by atoms with Crippen molar-refractivity contribution in [3.8, 4) is 0 Å². The van der Waals surface area contributed by atoms with Crippen molar-refractivity contribution in [3.05, 3.63) is 54.1 Å². The maximum Gasteiger partial charge on any atom is 0.0786 e. The van der Waals surface area contributed by atoms with Crippen LogP contribution in [0.2, 0.25) is 0 Å². The Balaban J connectivity index is 1.96. The Labute approximate surface area is 97.1 Å². The molecule has 0 unspecified atom stereocenters. The summed E-state index contributed by atoms with van der Waals surface area (Å²) in [5, 5.41) is 10.00. The molecule has 1 N–H and O–H groups in total. The van der Waals surface area contributed by atoms with Crippen molar-refractivity contribution in [2.45, 2.75) is 25.4 Å². The van der Waals surface area contributed by atoms with Crippen molar-refractivity contribution < 1.29 is 5.11 Å². The smallest absolute Gasteiger partial charge is 0.0786 e. The summed E-state index contributed by atoms with van der Waals surface area (Å²) < 4.78 is 0. The highest BCUT2D eigenvalue weighted by Crippen LogP contribution is 2.21. The monoisotopic (exact) mass is 214 g/mol. The molecular formula is C15H18O. The summed E-state index contributed by atoms with van der Waals surface area (Å²) in [6.45, 7) is 0. The summed E-state index contributed by atoms with van der Waals surface area (Å²) in [7, 11) is 0. The molecule has 2 atom stereocenters. The molecule has 1 aromatic rings. The van der Waals surface area contributed by atoms with Gasteiger partial charge in [0.2, 0.25) is 0 Å². The van der Waals surface area contributed by atoms with E-state index in [1.807, 2.05) is 42.5 Å². The fourth-order valence-electron chi connectivity index (χ4n) is 2.04. The molecule has 0 radical (unpaired) electrons. The molecule has 1 nitrogen and oxygen atoms in total. The van der Waals surface area contributed by atoms with E-state index in [4.69, 9.17) is 0 Å². The molecule has 1 aromatic carbocycles. The SMILES string of the molecule is O[C@@H](/C=C/c1ccccc1)[C@H]1C=CCCC1. The van der Waals surface area contributed by atoms with E-state index in [1.54, 1.807) is 0 Å². The van der Waals surface area contributed by atoms with Crippen molar-refractivity contribution in [3.63, 3.8) is 0 Å². The summed E-state index contributed by atoms with van der Waals surface area (Å²) in [5.41, 5.74) is 1.14. The zero-order valence-electron chi connectivity index (χ0n) is 9.42. The minimum absolute atomic E-state index is 0.300. The summed E-state index contributed by atoms with van der Waals surface area (Å²) in [6, 6.07) is 10.1. The average Bonchev–Trinajstić information content (AvgIpc) is 2.38. The van der Waals surface area contributed by atoms with Gasteiger partial charge in [-0.15, -0.1) is 0 Å². The molecule has 0 fully saturated rings. The van der Waals surface area contributed by atoms with E-state index in [2.05, 4.69) is 12.2 Å². The number of hydrogen-bond acceptors (Lipinski definition) is 1. The van der Waals surface area contributed by atoms with Crippen LogP contribution in [0.3, 0.4) is 0 Å². The fraction of sp³-hybridized carbons (Fsp3) is 0.333. The molecule has 0 saturated carbocycles. The van der Waals surface area contributed by atoms with Crippen molar-refractivity contribution in [1.82, 2.24) is 0 Å². The molecule has 84 valence electrons. The van der Waals surface area contributed by atoms with Crippen molar-refractivity contribution in [1.29, 1.82) is 0 Å². The molecule has 0 saturated heterocycles. The Morgan fingerprint density at radius 2 is 2.06 bits per heavy atom. The zero-order valence-corrected chi connectivity index (χ0v) is 9.42. The van der Waals surface area contributed by atoms with Gasteiger partial charge in [-0.05, 0) is 24.8 Å². The van der Waals surface area contributed by atoms with E-state index >= 15 is 0 Å². The molecule has 1 aliphatic carbocycles. The van der Waals surface area contributed by atoms with Gasteiger partial charge >= 0.3 is 0 Å². The Hall–Kier alpha value is -1.34. The van der Waals surface area contributed by atoms with Crippen LogP contribution in [-0.2, 0) is 0 Å². The summed E-state index contributed by atoms with van der Waals surface area (Å²) in [6.07, 6.45) is 11.3. The molecule has 0 heterocycles. The molecule has 2 rings (SSSR count). The van der Waals surface area contributed by atoms with Gasteiger partial charge in [0, 0.05) is 5.92 Å². The zero-order chi connectivity index (χ0) is 11.2. The van der Waals surface area contributed by atoms with Crippen LogP contribution in [0.1, 0.15) is 24.8 Å². The first-order valence-electron chi connectivity index (χ1n) is 5.94. The third-order valence-electron chi connectivity index (χ3n) is 3.02. The lowest BCUT2D eigenvalue weighted by molar-refractivity contribution is 0.168. The highest BCUT2D eigenvalue weighted by Gasteiger charge is 2.15. The largest absolute Gasteiger partial charge is 0.388 e. The van der Waals surface area contributed by atoms with E-state index in [9.17, 15) is 5.11 Å². The minimum atomic E-state index is -0.350. The molecule has 16 heavy (non-hydrogen) atoms. The van der Waals surface area contributed by atoms with Crippen LogP contribution < -0.4 is 0 Å². The van der Waals surface area contributed by atoms with Crippen LogP contribution in [0, 0.1) is 5.92 Å². The Kier molecular flexibility index (Phi) is 3.95. The van der Waals surface area contributed by atoms with Gasteiger partial charge in [0.1, 0.15) is 0 Å². The van der Waals surface area contributed by atoms with E-state index < -0.39 is 0 Å². The lowest BCUT2D eigenvalue weighted by Crippen LogP contribution is -2.17. The van der Waals surface area contributed by atoms with E-state index in [-0.39, 0.29) is 6.10 Å². The van der Waals surface area contributed by atoms with E-state index in [1.165, 1.54) is 6.42 Å². The van der Waals surface area contributed by atoms with Gasteiger partial charge in [0.05, 0.1) is 6.10 Å². The van der Waals surface area contributed by atoms with Crippen LogP contribution in [-0.4, -0.2) is 11.2 Å². The first kappa shape index (κ1) is 11.2. The second-order valence-electron chi connectivity index (χ2n) is 4.28. The minimum Gasteiger partial charge on any atom is -0.388 e. The van der Waals surface area contributed by atoms with Crippen LogP contribution in [0.15, 0.2) is 48.6 Å². The molecule has 1 heteroatoms. The second-order valence-corrected chi connectivity index (χ2v) is 4.28. The number of allylic oxidation sites excluding steroid dienone is 1. The van der Waals surface area contributed by atoms with Crippen LogP contribution in [0.5, 0.6) is 0 Å². The predicted molar refractivity (Wildman–Crippen MR) is 68.0 cm³/mol. The third kappa shape index (κ3) is 3.07. The highest BCUT2D eigenvalue weighted by molar-refractivity contribution is 5.49. The van der Waals surface area contributed by atoms with Crippen LogP contribution >= 0.6 is 0 Å². The normalized spacial score (nSPS) is 22.4. The quantitative estimate of drug-likeness (QED) is 0.764. The summed E-state index contributed by atoms with van der Waals surface area (Å²) >= 11 is 0. The van der Waals surface area contributed by atoms with Gasteiger partial charge in [-0.3, -0.25) is 0 Å². The molecule has 0 aromatic heterocycles. The highest BCUT2D eigenvalue weighted by atomic mass is 16.3. The van der Waals surface area contributed by atoms with Gasteiger partial charge < -0.3 is 5.11 Å². The van der Waals surface area contributed by atoms with Crippen molar-refractivity contribution in [2.24, 2.45) is 5.92 Å². The Morgan fingerprint density at radius 1 is 1.25 bits per heavy atom. The lowest BCUT2D eigenvalue weighted by Gasteiger charge is -2.19. The van der Waals surface area contributed by atoms with Gasteiger partial charge in [0.15, 0.2) is 0 Å². The fourth-order valence-corrected chi connectivity index (χ4v) is 2.04. The maximum atomic E-state index is 10.00. The average molecular weight is 214 g/mol. The predicted octanol–water partition coefficient (Wildman–Crippen LogP) is 3.42. The maximum absolute atomic E-state index is 10.00. The van der Waals surface area contributed by atoms with Gasteiger partial charge in [-0.25, -0.2) is 0 Å². The first-order valence-corrected chi connectivity index (χ1v) is 5.94. The number of aliphatic hydroxyl groups is 1. The molecule has 0 amide bonds. The van der Waals surface area contributed by atoms with Crippen LogP contribution in [0.4, 0.5) is 0 Å². The van der Waals surface area contributed by atoms with Gasteiger partial charge in [0.25, 0.3) is 0 Å². The standard InChI is InChI=1S/C15H18O/c16-15(14-9-5-2-6-10-14)12-11-13-7-3-1-4-8-13/h1,3-5,7-9,11-12,14-16H,2,6,10H2/b12-11+/t14-,15-/m0/s1. The number of benzene rings is 1. The number of rotatable bonds is 3. The van der Waals surface area contributed by atoms with E-state index in [0.29, 0.717) is 5.92 Å². The number of hydrogen-bond donors (Lipinski definition) is 1. The van der Waals surface area contributed by atoms with Crippen molar-refractivity contribution in [2.75, 3.05) is 0 Å². The Bertz CT molecular complexity index is 364. The second kappa shape index (κ2) is 5.66. The Morgan fingerprint density at radius 3 is 2.75 bits per heavy atom. The van der Waals surface area contributed by atoms with E-state index in [0.717, 1.165) is 18.4 Å². The summed E-state index contributed by atoms with van der Waals surface area (Å²) in [4.78, 5) is 0. The molecule has 0 bridgehead atoms. The molecule has 0 aliphatic heterocycles. The van der Waals surface area contributed by atoms with Crippen LogP contribution in [0.25, 0.3) is 6.08 Å². The first-order chi connectivity index (χ1) is 7.86. The molecule has 1 aliphatic rings. The van der Waals surface area contributed by atoms with Gasteiger partial charge in [-0.1, -0.05) is 54.6 Å². The van der Waals surface area contributed by atoms with Gasteiger partial charge in [-0.2, -0.15) is 0 Å². The number of aliphatic hydroxyl groups excluding tert-OH is 1. The molecular weight excluding hydrogens is 196 g/mol. The summed E-state index contributed by atoms with van der Waals surface area (Å²) in [5.74, 6) is 0.300. The van der Waals surface area contributed by atoms with Crippen molar-refractivity contribution >= 4 is 6.08 Å². The molecule has 0 spiro atoms. The third-order valence-corrected chi connectivity index (χ3v) is 3.02. The lowest BCUT2D eigenvalue weighted by atomic mass is 9.90.